The zero-order valence-corrected chi connectivity index (χ0v) is 13.0. The molecule has 0 amide bonds. The predicted molar refractivity (Wildman–Crippen MR) is 45.8 cm³/mol. The van der Waals surface area contributed by atoms with Crippen LogP contribution in [0.2, 0.25) is 0 Å². The first-order valence-electron chi connectivity index (χ1n) is 1.43. The smallest absolute Gasteiger partial charge is 0.850 e. The van der Waals surface area contributed by atoms with E-state index in [1.54, 1.807) is 0 Å². The van der Waals surface area contributed by atoms with Crippen molar-refractivity contribution >= 4 is 58.9 Å². The van der Waals surface area contributed by atoms with E-state index in [0.717, 1.165) is 0 Å². The molecule has 2 N–H and O–H groups in total. The number of rotatable bonds is 0. The minimum atomic E-state index is -3.72. The minimum absolute atomic E-state index is 0. The molecular weight excluding hydrogens is 409 g/mol. The Labute approximate surface area is 115 Å². The van der Waals surface area contributed by atoms with Crippen molar-refractivity contribution < 1.29 is 51.9 Å². The van der Waals surface area contributed by atoms with Gasteiger partial charge < -0.3 is 58.3 Å². The van der Waals surface area contributed by atoms with Crippen LogP contribution in [-0.4, -0.2) is 4.32 Å². The van der Waals surface area contributed by atoms with E-state index in [1.807, 2.05) is 0 Å². The molecule has 0 rings (SSSR count). The van der Waals surface area contributed by atoms with Gasteiger partial charge in [0.25, 0.3) is 0 Å². The van der Waals surface area contributed by atoms with Crippen LogP contribution in [0.4, 0.5) is 0 Å². The Morgan fingerprint density at radius 2 is 1.36 bits per heavy atom. The average Bonchev–Trinajstić information content (AvgIpc) is 1.19. The third-order valence-corrected chi connectivity index (χ3v) is 0. The Morgan fingerprint density at radius 3 is 1.36 bits per heavy atom. The predicted octanol–water partition coefficient (Wildman–Crippen LogP) is -1.75. The average molecular weight is 411 g/mol. The van der Waals surface area contributed by atoms with Gasteiger partial charge in [0.2, 0.25) is 0 Å². The molecule has 0 spiro atoms. The van der Waals surface area contributed by atoms with Crippen molar-refractivity contribution in [2.45, 2.75) is 0 Å². The van der Waals surface area contributed by atoms with Gasteiger partial charge in [-0.05, 0) is 0 Å². The molecule has 0 atom stereocenters. The van der Waals surface area contributed by atoms with Crippen molar-refractivity contribution in [2.24, 2.45) is 5.73 Å². The molecule has 0 aromatic rings. The fraction of sp³-hybridized carbons (Fsp3) is 0. The van der Waals surface area contributed by atoms with E-state index in [2.05, 4.69) is 54.6 Å². The first kappa shape index (κ1) is 23.3. The van der Waals surface area contributed by atoms with Crippen LogP contribution in [-0.2, 0) is 78.8 Å². The molecule has 0 aliphatic rings. The van der Waals surface area contributed by atoms with Crippen molar-refractivity contribution in [1.82, 2.24) is 0 Å². The van der Waals surface area contributed by atoms with Gasteiger partial charge in [-0.15, -0.1) is 0 Å². The van der Waals surface area contributed by atoms with Crippen LogP contribution < -0.4 is 15.5 Å². The molecule has 0 aliphatic heterocycles. The quantitative estimate of drug-likeness (QED) is 0.220. The Hall–Kier alpha value is 2.41. The van der Waals surface area contributed by atoms with Crippen molar-refractivity contribution in [3.8, 4) is 0 Å². The van der Waals surface area contributed by atoms with Crippen LogP contribution >= 0.6 is 17.9 Å². The molecular formula is CH2Mo2NO2PS4+4. The fourth-order valence-electron chi connectivity index (χ4n) is 0. The largest absolute Gasteiger partial charge is 4.00 e. The zero-order valence-electron chi connectivity index (χ0n) is 4.79. The Morgan fingerprint density at radius 1 is 1.36 bits per heavy atom. The summed E-state index contributed by atoms with van der Waals surface area (Å²) in [4.78, 5) is 18.6. The molecule has 0 fully saturated rings. The number of hydrogen-bond donors (Lipinski definition) is 1. The summed E-state index contributed by atoms with van der Waals surface area (Å²) in [6.07, 6.45) is 0. The molecule has 10 heteroatoms. The van der Waals surface area contributed by atoms with E-state index in [1.165, 1.54) is 0 Å². The van der Waals surface area contributed by atoms with Crippen LogP contribution in [0.15, 0.2) is 0 Å². The van der Waals surface area contributed by atoms with Crippen molar-refractivity contribution in [3.63, 3.8) is 0 Å². The van der Waals surface area contributed by atoms with E-state index in [9.17, 15) is 9.79 Å². The van der Waals surface area contributed by atoms with Gasteiger partial charge in [-0.25, -0.2) is 0 Å². The summed E-state index contributed by atoms with van der Waals surface area (Å²) in [7, 11) is 0. The second-order valence-electron chi connectivity index (χ2n) is 0.766. The first-order valence-corrected chi connectivity index (χ1v) is 5.90. The van der Waals surface area contributed by atoms with Crippen LogP contribution in [0.1, 0.15) is 0 Å². The molecule has 0 saturated heterocycles. The SMILES string of the molecule is NC(=S)[S-].[Mo+4].[Mo+4].[O-]P([O-])(=S)[S-]. The second-order valence-corrected chi connectivity index (χ2v) is 6.38. The van der Waals surface area contributed by atoms with E-state index < -0.39 is 5.69 Å². The van der Waals surface area contributed by atoms with Gasteiger partial charge in [0, 0.05) is 0 Å². The number of hydrogen-bond acceptors (Lipinski definition) is 6. The third kappa shape index (κ3) is 232. The van der Waals surface area contributed by atoms with E-state index >= 15 is 0 Å². The maximum Gasteiger partial charge on any atom is 4.00 e. The summed E-state index contributed by atoms with van der Waals surface area (Å²) in [5.41, 5.74) is 0.935. The zero-order chi connectivity index (χ0) is 8.08. The van der Waals surface area contributed by atoms with Gasteiger partial charge in [0.1, 0.15) is 0 Å². The van der Waals surface area contributed by atoms with E-state index in [-0.39, 0.29) is 46.5 Å². The second kappa shape index (κ2) is 12.4. The van der Waals surface area contributed by atoms with E-state index in [0.29, 0.717) is 0 Å². The minimum Gasteiger partial charge on any atom is -0.850 e. The maximum absolute atomic E-state index is 9.29. The van der Waals surface area contributed by atoms with E-state index in [4.69, 9.17) is 0 Å². The molecule has 0 aromatic heterocycles. The van der Waals surface area contributed by atoms with Gasteiger partial charge >= 0.3 is 42.1 Å². The Balaban J connectivity index is -0.0000000383. The number of nitrogens with two attached hydrogens (primary N) is 1. The molecule has 0 unspecified atom stereocenters. The number of thiocarbonyl (C=S) groups is 1. The standard InChI is InChI=1S/CH3NS2.2Mo.H3O2PS2/c2-1(3)4;;;1-3(2,4)5/h(H3,2,3,4);;;(H3,1,2,4,5)/q;2*+4;/p-4. The van der Waals surface area contributed by atoms with Crippen molar-refractivity contribution in [1.29, 1.82) is 0 Å². The topological polar surface area (TPSA) is 72.1 Å². The summed E-state index contributed by atoms with van der Waals surface area (Å²) in [5.74, 6) is 0. The van der Waals surface area contributed by atoms with Gasteiger partial charge in [0.15, 0.2) is 0 Å². The first-order chi connectivity index (χ1) is 3.73. The van der Waals surface area contributed by atoms with Crippen molar-refractivity contribution in [3.05, 3.63) is 0 Å². The van der Waals surface area contributed by atoms with Crippen LogP contribution in [0, 0.1) is 0 Å². The molecule has 3 nitrogen and oxygen atoms in total. The summed E-state index contributed by atoms with van der Waals surface area (Å²) in [5, 5.41) is 0. The Kier molecular flexibility index (Phi) is 26.3. The molecule has 60 valence electrons. The molecule has 0 radical (unpaired) electrons. The molecule has 0 saturated carbocycles. The summed E-state index contributed by atoms with van der Waals surface area (Å²) in [6, 6.07) is 0. The van der Waals surface area contributed by atoms with Crippen LogP contribution in [0.5, 0.6) is 0 Å². The normalized spacial score (nSPS) is 7.55. The molecule has 11 heavy (non-hydrogen) atoms. The summed E-state index contributed by atoms with van der Waals surface area (Å²) >= 11 is 15.5. The molecule has 0 bridgehead atoms. The van der Waals surface area contributed by atoms with Crippen LogP contribution in [0.25, 0.3) is 0 Å². The van der Waals surface area contributed by atoms with Gasteiger partial charge in [-0.2, -0.15) is 11.8 Å². The summed E-state index contributed by atoms with van der Waals surface area (Å²) < 4.78 is 0.0833. The van der Waals surface area contributed by atoms with Crippen molar-refractivity contribution in [2.75, 3.05) is 0 Å². The fourth-order valence-corrected chi connectivity index (χ4v) is 0. The van der Waals surface area contributed by atoms with Crippen LogP contribution in [0.3, 0.4) is 0 Å². The monoisotopic (exact) mass is 415 g/mol. The van der Waals surface area contributed by atoms with Gasteiger partial charge in [-0.3, -0.25) is 0 Å². The third-order valence-electron chi connectivity index (χ3n) is 0. The van der Waals surface area contributed by atoms with Gasteiger partial charge in [-0.1, -0.05) is 4.32 Å². The molecule has 0 aliphatic carbocycles. The maximum atomic E-state index is 9.29. The molecule has 0 aromatic carbocycles. The Bertz CT molecular complexity index is 126. The van der Waals surface area contributed by atoms with Gasteiger partial charge in [0.05, 0.1) is 0 Å². The summed E-state index contributed by atoms with van der Waals surface area (Å²) in [6.45, 7) is 0. The molecule has 0 heterocycles.